The summed E-state index contributed by atoms with van der Waals surface area (Å²) in [6, 6.07) is 15.8. The van der Waals surface area contributed by atoms with Crippen LogP contribution in [0.15, 0.2) is 54.7 Å². The SMILES string of the molecule is COc1ccc([C@H](CNS(=O)(=O)N2C[C@@H](C)O[C@H](C)C2)c2c[nH]c3ccccc23)cc1. The molecule has 31 heavy (non-hydrogen) atoms. The van der Waals surface area contributed by atoms with Crippen molar-refractivity contribution in [1.29, 1.82) is 0 Å². The zero-order valence-electron chi connectivity index (χ0n) is 18.0. The van der Waals surface area contributed by atoms with Crippen LogP contribution in [0.5, 0.6) is 5.75 Å². The van der Waals surface area contributed by atoms with Crippen LogP contribution in [-0.2, 0) is 14.9 Å². The second-order valence-corrected chi connectivity index (χ2v) is 9.80. The number of hydrogen-bond acceptors (Lipinski definition) is 4. The van der Waals surface area contributed by atoms with Gasteiger partial charge in [0, 0.05) is 42.7 Å². The lowest BCUT2D eigenvalue weighted by Crippen LogP contribution is -2.52. The highest BCUT2D eigenvalue weighted by molar-refractivity contribution is 7.87. The number of para-hydroxylation sites is 1. The summed E-state index contributed by atoms with van der Waals surface area (Å²) < 4.78 is 41.5. The molecule has 1 aliphatic heterocycles. The Bertz CT molecular complexity index is 1120. The van der Waals surface area contributed by atoms with Crippen LogP contribution in [0.2, 0.25) is 0 Å². The zero-order chi connectivity index (χ0) is 22.0. The predicted octanol–water partition coefficient (Wildman–Crippen LogP) is 3.25. The highest BCUT2D eigenvalue weighted by atomic mass is 32.2. The lowest BCUT2D eigenvalue weighted by molar-refractivity contribution is -0.0443. The van der Waals surface area contributed by atoms with Crippen molar-refractivity contribution in [3.8, 4) is 5.75 Å². The molecule has 0 saturated carbocycles. The van der Waals surface area contributed by atoms with Gasteiger partial charge in [0.05, 0.1) is 19.3 Å². The summed E-state index contributed by atoms with van der Waals surface area (Å²) in [5.41, 5.74) is 3.08. The lowest BCUT2D eigenvalue weighted by Gasteiger charge is -2.34. The minimum absolute atomic E-state index is 0.133. The van der Waals surface area contributed by atoms with Gasteiger partial charge in [0.1, 0.15) is 5.75 Å². The number of methoxy groups -OCH3 is 1. The number of benzene rings is 2. The Hall–Kier alpha value is -2.39. The quantitative estimate of drug-likeness (QED) is 0.587. The molecule has 1 aromatic heterocycles. The molecule has 166 valence electrons. The maximum Gasteiger partial charge on any atom is 0.279 e. The molecular weight excluding hydrogens is 414 g/mol. The Morgan fingerprint density at radius 3 is 2.48 bits per heavy atom. The minimum Gasteiger partial charge on any atom is -0.497 e. The Balaban J connectivity index is 1.63. The first kappa shape index (κ1) is 21.8. The molecule has 0 bridgehead atoms. The molecule has 7 nitrogen and oxygen atoms in total. The summed E-state index contributed by atoms with van der Waals surface area (Å²) >= 11 is 0. The Morgan fingerprint density at radius 1 is 1.13 bits per heavy atom. The molecule has 2 aromatic carbocycles. The van der Waals surface area contributed by atoms with Crippen LogP contribution in [0.4, 0.5) is 0 Å². The van der Waals surface area contributed by atoms with Crippen molar-refractivity contribution >= 4 is 21.1 Å². The van der Waals surface area contributed by atoms with Crippen LogP contribution in [0.3, 0.4) is 0 Å². The molecule has 1 saturated heterocycles. The average molecular weight is 444 g/mol. The summed E-state index contributed by atoms with van der Waals surface area (Å²) in [5, 5.41) is 1.08. The third-order valence-electron chi connectivity index (χ3n) is 5.71. The van der Waals surface area contributed by atoms with E-state index in [4.69, 9.17) is 9.47 Å². The maximum atomic E-state index is 13.1. The second kappa shape index (κ2) is 9.00. The van der Waals surface area contributed by atoms with Crippen molar-refractivity contribution in [3.63, 3.8) is 0 Å². The van der Waals surface area contributed by atoms with Gasteiger partial charge in [-0.25, -0.2) is 4.72 Å². The van der Waals surface area contributed by atoms with E-state index >= 15 is 0 Å². The third-order valence-corrected chi connectivity index (χ3v) is 7.22. The fourth-order valence-corrected chi connectivity index (χ4v) is 5.60. The van der Waals surface area contributed by atoms with Crippen LogP contribution < -0.4 is 9.46 Å². The molecule has 1 fully saturated rings. The molecule has 0 radical (unpaired) electrons. The number of aromatic nitrogens is 1. The van der Waals surface area contributed by atoms with Gasteiger partial charge < -0.3 is 14.5 Å². The van der Waals surface area contributed by atoms with Crippen LogP contribution in [0, 0.1) is 0 Å². The van der Waals surface area contributed by atoms with E-state index in [-0.39, 0.29) is 24.7 Å². The van der Waals surface area contributed by atoms with Crippen LogP contribution in [0.25, 0.3) is 10.9 Å². The van der Waals surface area contributed by atoms with Gasteiger partial charge >= 0.3 is 0 Å². The van der Waals surface area contributed by atoms with E-state index in [1.165, 1.54) is 4.31 Å². The minimum atomic E-state index is -3.64. The number of H-pyrrole nitrogens is 1. The first-order valence-corrected chi connectivity index (χ1v) is 11.9. The molecule has 0 aliphatic carbocycles. The third kappa shape index (κ3) is 4.77. The number of rotatable bonds is 7. The fourth-order valence-electron chi connectivity index (χ4n) is 4.23. The van der Waals surface area contributed by atoms with E-state index in [0.717, 1.165) is 27.8 Å². The summed E-state index contributed by atoms with van der Waals surface area (Å²) in [6.07, 6.45) is 1.70. The van der Waals surface area contributed by atoms with Gasteiger partial charge in [0.15, 0.2) is 0 Å². The van der Waals surface area contributed by atoms with E-state index in [0.29, 0.717) is 13.1 Å². The molecule has 8 heteroatoms. The number of fused-ring (bicyclic) bond motifs is 1. The van der Waals surface area contributed by atoms with Crippen molar-refractivity contribution in [2.75, 3.05) is 26.7 Å². The summed E-state index contributed by atoms with van der Waals surface area (Å²) in [4.78, 5) is 3.30. The Morgan fingerprint density at radius 2 is 1.81 bits per heavy atom. The fraction of sp³-hybridized carbons (Fsp3) is 0.391. The number of hydrogen-bond donors (Lipinski definition) is 2. The van der Waals surface area contributed by atoms with E-state index in [9.17, 15) is 8.42 Å². The van der Waals surface area contributed by atoms with Gasteiger partial charge in [-0.2, -0.15) is 12.7 Å². The standard InChI is InChI=1S/C23H29N3O4S/c1-16-14-26(15-17(2)30-16)31(27,28)25-13-21(18-8-10-19(29-3)11-9-18)22-12-24-23-7-5-4-6-20(22)23/h4-12,16-17,21,24-25H,13-15H2,1-3H3/t16-,17-,21+/m1/s1. The lowest BCUT2D eigenvalue weighted by atomic mass is 9.91. The van der Waals surface area contributed by atoms with Crippen molar-refractivity contribution in [3.05, 3.63) is 65.9 Å². The van der Waals surface area contributed by atoms with Crippen LogP contribution >= 0.6 is 0 Å². The number of ether oxygens (including phenoxy) is 2. The molecule has 1 aliphatic rings. The van der Waals surface area contributed by atoms with E-state index in [2.05, 4.69) is 15.8 Å². The molecule has 2 N–H and O–H groups in total. The molecule has 0 spiro atoms. The summed E-state index contributed by atoms with van der Waals surface area (Å²) in [6.45, 7) is 4.73. The van der Waals surface area contributed by atoms with E-state index < -0.39 is 10.2 Å². The predicted molar refractivity (Wildman–Crippen MR) is 122 cm³/mol. The molecule has 4 rings (SSSR count). The van der Waals surface area contributed by atoms with Crippen molar-refractivity contribution in [2.45, 2.75) is 32.0 Å². The van der Waals surface area contributed by atoms with E-state index in [1.54, 1.807) is 7.11 Å². The second-order valence-electron chi connectivity index (χ2n) is 8.04. The number of aromatic amines is 1. The molecule has 3 aromatic rings. The zero-order valence-corrected chi connectivity index (χ0v) is 18.9. The molecule has 2 heterocycles. The number of nitrogens with one attached hydrogen (secondary N) is 2. The normalized spacial score (nSPS) is 21.3. The number of nitrogens with zero attached hydrogens (tertiary/aromatic N) is 1. The van der Waals surface area contributed by atoms with Gasteiger partial charge in [-0.3, -0.25) is 0 Å². The Kier molecular flexibility index (Phi) is 6.34. The maximum absolute atomic E-state index is 13.1. The largest absolute Gasteiger partial charge is 0.497 e. The van der Waals surface area contributed by atoms with Crippen molar-refractivity contribution < 1.29 is 17.9 Å². The van der Waals surface area contributed by atoms with Gasteiger partial charge in [-0.15, -0.1) is 0 Å². The van der Waals surface area contributed by atoms with E-state index in [1.807, 2.05) is 62.5 Å². The smallest absolute Gasteiger partial charge is 0.279 e. The van der Waals surface area contributed by atoms with Crippen molar-refractivity contribution in [1.82, 2.24) is 14.0 Å². The molecular formula is C23H29N3O4S. The summed E-state index contributed by atoms with van der Waals surface area (Å²) in [7, 11) is -2.01. The molecule has 3 atom stereocenters. The average Bonchev–Trinajstić information content (AvgIpc) is 3.18. The highest BCUT2D eigenvalue weighted by Gasteiger charge is 2.31. The molecule has 0 amide bonds. The van der Waals surface area contributed by atoms with Crippen LogP contribution in [0.1, 0.15) is 30.9 Å². The van der Waals surface area contributed by atoms with Gasteiger partial charge in [0.25, 0.3) is 10.2 Å². The van der Waals surface area contributed by atoms with Crippen LogP contribution in [-0.4, -0.2) is 56.7 Å². The van der Waals surface area contributed by atoms with Crippen molar-refractivity contribution in [2.24, 2.45) is 0 Å². The van der Waals surface area contributed by atoms with Gasteiger partial charge in [0.2, 0.25) is 0 Å². The summed E-state index contributed by atoms with van der Waals surface area (Å²) in [5.74, 6) is 0.603. The number of morpholine rings is 1. The topological polar surface area (TPSA) is 83.7 Å². The first-order valence-electron chi connectivity index (χ1n) is 10.5. The monoisotopic (exact) mass is 443 g/mol. The van der Waals surface area contributed by atoms with Gasteiger partial charge in [-0.1, -0.05) is 30.3 Å². The highest BCUT2D eigenvalue weighted by Crippen LogP contribution is 2.31. The van der Waals surface area contributed by atoms with Gasteiger partial charge in [-0.05, 0) is 43.2 Å². The molecule has 0 unspecified atom stereocenters. The Labute approximate surface area is 183 Å². The first-order chi connectivity index (χ1) is 14.9.